The Morgan fingerprint density at radius 3 is 2.46 bits per heavy atom. The van der Waals surface area contributed by atoms with E-state index in [0.29, 0.717) is 6.42 Å². The molecule has 9 nitrogen and oxygen atoms in total. The lowest BCUT2D eigenvalue weighted by Crippen LogP contribution is -2.37. The molecule has 1 fully saturated rings. The number of sulfone groups is 1. The van der Waals surface area contributed by atoms with Gasteiger partial charge in [0.1, 0.15) is 0 Å². The summed E-state index contributed by atoms with van der Waals surface area (Å²) in [7, 11) is -3.05. The second kappa shape index (κ2) is 7.39. The summed E-state index contributed by atoms with van der Waals surface area (Å²) in [5.74, 6) is -0.745. The number of carbonyl (C=O) groups is 2. The lowest BCUT2D eigenvalue weighted by atomic mass is 10.2. The molecule has 1 aromatic carbocycles. The maximum Gasteiger partial charge on any atom is 0.269 e. The molecule has 1 saturated heterocycles. The minimum atomic E-state index is -3.05. The van der Waals surface area contributed by atoms with Gasteiger partial charge < -0.3 is 10.6 Å². The smallest absolute Gasteiger partial charge is 0.269 e. The van der Waals surface area contributed by atoms with Crippen LogP contribution in [0.3, 0.4) is 0 Å². The number of hydrogen-bond donors (Lipinski definition) is 2. The van der Waals surface area contributed by atoms with Gasteiger partial charge in [0.15, 0.2) is 9.84 Å². The Bertz CT molecular complexity index is 744. The molecular formula is C14H17N3O6S. The first-order chi connectivity index (χ1) is 11.3. The van der Waals surface area contributed by atoms with E-state index in [1.54, 1.807) is 0 Å². The number of nitrogens with one attached hydrogen (secondary N) is 2. The fourth-order valence-electron chi connectivity index (χ4n) is 2.33. The predicted octanol–water partition coefficient (Wildman–Crippen LogP) is 0.0180. The van der Waals surface area contributed by atoms with Gasteiger partial charge >= 0.3 is 0 Å². The Kier molecular flexibility index (Phi) is 5.50. The van der Waals surface area contributed by atoms with Crippen LogP contribution >= 0.6 is 0 Å². The van der Waals surface area contributed by atoms with Gasteiger partial charge in [-0.05, 0) is 18.6 Å². The molecule has 0 aromatic heterocycles. The van der Waals surface area contributed by atoms with Crippen molar-refractivity contribution in [1.29, 1.82) is 0 Å². The predicted molar refractivity (Wildman–Crippen MR) is 85.2 cm³/mol. The van der Waals surface area contributed by atoms with Crippen molar-refractivity contribution >= 4 is 27.3 Å². The van der Waals surface area contributed by atoms with Crippen molar-refractivity contribution < 1.29 is 22.9 Å². The van der Waals surface area contributed by atoms with E-state index in [4.69, 9.17) is 0 Å². The van der Waals surface area contributed by atoms with Crippen LogP contribution in [-0.4, -0.2) is 49.2 Å². The topological polar surface area (TPSA) is 135 Å². The van der Waals surface area contributed by atoms with E-state index in [9.17, 15) is 28.1 Å². The van der Waals surface area contributed by atoms with Crippen LogP contribution in [0, 0.1) is 10.1 Å². The molecule has 0 unspecified atom stereocenters. The molecule has 130 valence electrons. The van der Waals surface area contributed by atoms with E-state index in [0.717, 1.165) is 0 Å². The van der Waals surface area contributed by atoms with Crippen LogP contribution in [0.25, 0.3) is 0 Å². The molecule has 1 aromatic rings. The van der Waals surface area contributed by atoms with Crippen LogP contribution in [-0.2, 0) is 14.6 Å². The van der Waals surface area contributed by atoms with Gasteiger partial charge in [-0.25, -0.2) is 8.42 Å². The fourth-order valence-corrected chi connectivity index (χ4v) is 4.01. The van der Waals surface area contributed by atoms with Crippen molar-refractivity contribution in [2.75, 3.05) is 18.1 Å². The monoisotopic (exact) mass is 355 g/mol. The molecule has 1 aliphatic heterocycles. The normalized spacial score (nSPS) is 18.8. The van der Waals surface area contributed by atoms with E-state index in [1.165, 1.54) is 24.3 Å². The Labute approximate surface area is 138 Å². The molecule has 0 saturated carbocycles. The molecule has 2 amide bonds. The third-order valence-corrected chi connectivity index (χ3v) is 5.34. The van der Waals surface area contributed by atoms with Crippen LogP contribution in [0.2, 0.25) is 0 Å². The van der Waals surface area contributed by atoms with E-state index >= 15 is 0 Å². The highest BCUT2D eigenvalue weighted by molar-refractivity contribution is 7.91. The summed E-state index contributed by atoms with van der Waals surface area (Å²) in [5, 5.41) is 15.7. The summed E-state index contributed by atoms with van der Waals surface area (Å²) in [6.07, 6.45) is 0.429. The highest BCUT2D eigenvalue weighted by atomic mass is 32.2. The van der Waals surface area contributed by atoms with Crippen LogP contribution in [0.5, 0.6) is 0 Å². The highest BCUT2D eigenvalue weighted by Crippen LogP contribution is 2.12. The van der Waals surface area contributed by atoms with Crippen molar-refractivity contribution in [3.63, 3.8) is 0 Å². The van der Waals surface area contributed by atoms with Gasteiger partial charge in [-0.15, -0.1) is 0 Å². The molecule has 0 aliphatic carbocycles. The second-order valence-corrected chi connectivity index (χ2v) is 7.71. The molecule has 0 radical (unpaired) electrons. The molecule has 2 rings (SSSR count). The van der Waals surface area contributed by atoms with Gasteiger partial charge in [0.2, 0.25) is 5.91 Å². The third kappa shape index (κ3) is 5.01. The first-order valence-corrected chi connectivity index (χ1v) is 9.11. The fraction of sp³-hybridized carbons (Fsp3) is 0.429. The molecule has 10 heteroatoms. The van der Waals surface area contributed by atoms with E-state index in [1.807, 2.05) is 0 Å². The van der Waals surface area contributed by atoms with Crippen LogP contribution in [0.15, 0.2) is 24.3 Å². The Hall–Kier alpha value is -2.49. The van der Waals surface area contributed by atoms with Gasteiger partial charge in [0, 0.05) is 36.7 Å². The summed E-state index contributed by atoms with van der Waals surface area (Å²) in [5.41, 5.74) is 0.139. The van der Waals surface area contributed by atoms with Crippen molar-refractivity contribution in [3.05, 3.63) is 39.9 Å². The molecule has 0 bridgehead atoms. The molecule has 24 heavy (non-hydrogen) atoms. The number of carbonyl (C=O) groups excluding carboxylic acids is 2. The summed E-state index contributed by atoms with van der Waals surface area (Å²) in [6.45, 7) is 0.0844. The number of benzene rings is 1. The zero-order valence-electron chi connectivity index (χ0n) is 12.7. The maximum absolute atomic E-state index is 11.8. The van der Waals surface area contributed by atoms with Gasteiger partial charge in [0.05, 0.1) is 16.4 Å². The number of nitro groups is 1. The van der Waals surface area contributed by atoms with E-state index < -0.39 is 20.7 Å². The van der Waals surface area contributed by atoms with Gasteiger partial charge in [0.25, 0.3) is 11.6 Å². The summed E-state index contributed by atoms with van der Waals surface area (Å²) < 4.78 is 22.6. The number of nitrogens with zero attached hydrogens (tertiary/aromatic N) is 1. The van der Waals surface area contributed by atoms with Crippen molar-refractivity contribution in [1.82, 2.24) is 10.6 Å². The van der Waals surface area contributed by atoms with Gasteiger partial charge in [-0.3, -0.25) is 19.7 Å². The maximum atomic E-state index is 11.8. The quantitative estimate of drug-likeness (QED) is 0.545. The van der Waals surface area contributed by atoms with E-state index in [-0.39, 0.29) is 47.7 Å². The van der Waals surface area contributed by atoms with Gasteiger partial charge in [-0.2, -0.15) is 0 Å². The van der Waals surface area contributed by atoms with Crippen LogP contribution < -0.4 is 10.6 Å². The van der Waals surface area contributed by atoms with Crippen molar-refractivity contribution in [2.45, 2.75) is 18.9 Å². The Morgan fingerprint density at radius 1 is 1.25 bits per heavy atom. The minimum Gasteiger partial charge on any atom is -0.352 e. The molecule has 0 spiro atoms. The number of hydrogen-bond acceptors (Lipinski definition) is 6. The zero-order valence-corrected chi connectivity index (χ0v) is 13.5. The SMILES string of the molecule is O=C(CCNC(=O)c1ccc([N+](=O)[O-])cc1)N[C@H]1CCS(=O)(=O)C1. The van der Waals surface area contributed by atoms with Gasteiger partial charge in [-0.1, -0.05) is 0 Å². The molecular weight excluding hydrogens is 338 g/mol. The second-order valence-electron chi connectivity index (χ2n) is 5.48. The molecule has 2 N–H and O–H groups in total. The first-order valence-electron chi connectivity index (χ1n) is 7.29. The number of amides is 2. The lowest BCUT2D eigenvalue weighted by Gasteiger charge is -2.11. The highest BCUT2D eigenvalue weighted by Gasteiger charge is 2.28. The lowest BCUT2D eigenvalue weighted by molar-refractivity contribution is -0.384. The average Bonchev–Trinajstić information content (AvgIpc) is 2.86. The van der Waals surface area contributed by atoms with Crippen molar-refractivity contribution in [2.24, 2.45) is 0 Å². The number of rotatable bonds is 6. The van der Waals surface area contributed by atoms with E-state index in [2.05, 4.69) is 10.6 Å². The minimum absolute atomic E-state index is 0.0231. The molecule has 1 heterocycles. The third-order valence-electron chi connectivity index (χ3n) is 3.58. The first kappa shape index (κ1) is 17.9. The summed E-state index contributed by atoms with van der Waals surface area (Å²) in [6, 6.07) is 4.74. The number of nitro benzene ring substituents is 1. The average molecular weight is 355 g/mol. The van der Waals surface area contributed by atoms with Crippen molar-refractivity contribution in [3.8, 4) is 0 Å². The Balaban J connectivity index is 1.74. The largest absolute Gasteiger partial charge is 0.352 e. The molecule has 1 atom stereocenters. The standard InChI is InChI=1S/C14H17N3O6S/c18-13(16-11-6-8-24(22,23)9-11)5-7-15-14(19)10-1-3-12(4-2-10)17(20)21/h1-4,11H,5-9H2,(H,15,19)(H,16,18)/t11-/m0/s1. The summed E-state index contributed by atoms with van der Waals surface area (Å²) >= 11 is 0. The van der Waals surface area contributed by atoms with Crippen LogP contribution in [0.4, 0.5) is 5.69 Å². The summed E-state index contributed by atoms with van der Waals surface area (Å²) in [4.78, 5) is 33.5. The molecule has 1 aliphatic rings. The number of non-ortho nitro benzene ring substituents is 1. The Morgan fingerprint density at radius 2 is 1.92 bits per heavy atom. The zero-order chi connectivity index (χ0) is 17.7. The van der Waals surface area contributed by atoms with Crippen LogP contribution in [0.1, 0.15) is 23.2 Å².